The molecule has 2 amide bonds. The predicted octanol–water partition coefficient (Wildman–Crippen LogP) is 2.72. The van der Waals surface area contributed by atoms with E-state index in [0.29, 0.717) is 18.9 Å². The Kier molecular flexibility index (Phi) is 4.36. The highest BCUT2D eigenvalue weighted by atomic mass is 16.2. The van der Waals surface area contributed by atoms with Crippen LogP contribution in [0.25, 0.3) is 0 Å². The van der Waals surface area contributed by atoms with Crippen LogP contribution in [0.2, 0.25) is 0 Å². The van der Waals surface area contributed by atoms with Crippen LogP contribution in [0.3, 0.4) is 0 Å². The molecule has 2 fully saturated rings. The second kappa shape index (κ2) is 5.62. The molecule has 120 valence electrons. The fourth-order valence-corrected chi connectivity index (χ4v) is 3.43. The van der Waals surface area contributed by atoms with Crippen LogP contribution >= 0.6 is 0 Å². The normalized spacial score (nSPS) is 27.1. The van der Waals surface area contributed by atoms with Crippen molar-refractivity contribution < 1.29 is 9.59 Å². The zero-order chi connectivity index (χ0) is 15.8. The van der Waals surface area contributed by atoms with E-state index in [1.54, 1.807) is 0 Å². The first-order valence-electron chi connectivity index (χ1n) is 8.34. The van der Waals surface area contributed by atoms with Gasteiger partial charge in [-0.15, -0.1) is 0 Å². The third-order valence-corrected chi connectivity index (χ3v) is 5.50. The number of nitrogens with zero attached hydrogens (tertiary/aromatic N) is 1. The van der Waals surface area contributed by atoms with E-state index in [9.17, 15) is 9.59 Å². The average Bonchev–Trinajstić information content (AvgIpc) is 2.84. The molecule has 0 aromatic rings. The van der Waals surface area contributed by atoms with Crippen LogP contribution in [-0.4, -0.2) is 34.8 Å². The Hall–Kier alpha value is -1.06. The van der Waals surface area contributed by atoms with Crippen molar-refractivity contribution in [1.82, 2.24) is 10.2 Å². The summed E-state index contributed by atoms with van der Waals surface area (Å²) >= 11 is 0. The predicted molar refractivity (Wildman–Crippen MR) is 83.8 cm³/mol. The first kappa shape index (κ1) is 16.3. The number of nitrogens with one attached hydrogen (secondary N) is 1. The summed E-state index contributed by atoms with van der Waals surface area (Å²) in [6.07, 6.45) is 4.35. The molecule has 2 unspecified atom stereocenters. The molecule has 4 nitrogen and oxygen atoms in total. The van der Waals surface area contributed by atoms with Crippen LogP contribution in [0, 0.1) is 11.3 Å². The molecule has 1 saturated carbocycles. The maximum Gasteiger partial charge on any atom is 0.249 e. The van der Waals surface area contributed by atoms with Gasteiger partial charge < -0.3 is 10.2 Å². The fourth-order valence-electron chi connectivity index (χ4n) is 3.43. The first-order chi connectivity index (χ1) is 9.71. The average molecular weight is 294 g/mol. The standard InChI is InChI=1S/C17H30N2O2/c1-6-13-14(20)18-17(9-7-8-10-17)15(21)19(13)11-12(2)16(3,4)5/h12-13H,6-11H2,1-5H3,(H,18,20). The minimum atomic E-state index is -0.597. The van der Waals surface area contributed by atoms with Crippen molar-refractivity contribution in [3.05, 3.63) is 0 Å². The summed E-state index contributed by atoms with van der Waals surface area (Å²) in [7, 11) is 0. The minimum Gasteiger partial charge on any atom is -0.340 e. The smallest absolute Gasteiger partial charge is 0.249 e. The minimum absolute atomic E-state index is 0.0418. The van der Waals surface area contributed by atoms with Gasteiger partial charge in [-0.25, -0.2) is 0 Å². The molecule has 1 saturated heterocycles. The van der Waals surface area contributed by atoms with E-state index in [4.69, 9.17) is 0 Å². The fraction of sp³-hybridized carbons (Fsp3) is 0.882. The molecule has 0 bridgehead atoms. The molecule has 0 aromatic carbocycles. The Labute approximate surface area is 128 Å². The molecule has 2 rings (SSSR count). The van der Waals surface area contributed by atoms with E-state index in [2.05, 4.69) is 33.0 Å². The van der Waals surface area contributed by atoms with Gasteiger partial charge in [0, 0.05) is 6.54 Å². The Bertz CT molecular complexity index is 419. The number of hydrogen-bond acceptors (Lipinski definition) is 2. The second-order valence-electron chi connectivity index (χ2n) is 7.93. The Balaban J connectivity index is 2.25. The molecule has 0 radical (unpaired) electrons. The van der Waals surface area contributed by atoms with Crippen molar-refractivity contribution in [2.45, 2.75) is 78.3 Å². The van der Waals surface area contributed by atoms with Crippen molar-refractivity contribution in [2.24, 2.45) is 11.3 Å². The van der Waals surface area contributed by atoms with Crippen LogP contribution in [-0.2, 0) is 9.59 Å². The molecule has 1 spiro atoms. The molecule has 4 heteroatoms. The molecular formula is C17H30N2O2. The van der Waals surface area contributed by atoms with Crippen LogP contribution in [0.15, 0.2) is 0 Å². The van der Waals surface area contributed by atoms with Gasteiger partial charge in [-0.1, -0.05) is 47.5 Å². The summed E-state index contributed by atoms with van der Waals surface area (Å²) in [5.74, 6) is 0.558. The number of piperazine rings is 1. The summed E-state index contributed by atoms with van der Waals surface area (Å²) in [4.78, 5) is 27.4. The van der Waals surface area contributed by atoms with Gasteiger partial charge >= 0.3 is 0 Å². The van der Waals surface area contributed by atoms with Crippen LogP contribution < -0.4 is 5.32 Å². The first-order valence-corrected chi connectivity index (χ1v) is 8.34. The molecule has 2 atom stereocenters. The van der Waals surface area contributed by atoms with E-state index in [0.717, 1.165) is 25.7 Å². The van der Waals surface area contributed by atoms with Crippen molar-refractivity contribution in [3.63, 3.8) is 0 Å². The lowest BCUT2D eigenvalue weighted by atomic mass is 9.80. The lowest BCUT2D eigenvalue weighted by molar-refractivity contribution is -0.156. The Morgan fingerprint density at radius 1 is 1.29 bits per heavy atom. The Morgan fingerprint density at radius 2 is 1.86 bits per heavy atom. The van der Waals surface area contributed by atoms with Gasteiger partial charge in [0.1, 0.15) is 11.6 Å². The molecule has 1 N–H and O–H groups in total. The highest BCUT2D eigenvalue weighted by Gasteiger charge is 2.51. The van der Waals surface area contributed by atoms with Crippen LogP contribution in [0.5, 0.6) is 0 Å². The zero-order valence-electron chi connectivity index (χ0n) is 14.2. The molecule has 2 aliphatic rings. The van der Waals surface area contributed by atoms with Gasteiger partial charge in [-0.05, 0) is 30.6 Å². The summed E-state index contributed by atoms with van der Waals surface area (Å²) < 4.78 is 0. The van der Waals surface area contributed by atoms with Gasteiger partial charge in [-0.2, -0.15) is 0 Å². The lowest BCUT2D eigenvalue weighted by Crippen LogP contribution is -2.70. The van der Waals surface area contributed by atoms with Gasteiger partial charge in [0.2, 0.25) is 11.8 Å². The Morgan fingerprint density at radius 3 is 2.33 bits per heavy atom. The van der Waals surface area contributed by atoms with Gasteiger partial charge in [0.05, 0.1) is 0 Å². The third kappa shape index (κ3) is 2.95. The molecular weight excluding hydrogens is 264 g/mol. The lowest BCUT2D eigenvalue weighted by Gasteiger charge is -2.46. The molecule has 1 heterocycles. The topological polar surface area (TPSA) is 49.4 Å². The quantitative estimate of drug-likeness (QED) is 0.870. The van der Waals surface area contributed by atoms with Gasteiger partial charge in [0.15, 0.2) is 0 Å². The van der Waals surface area contributed by atoms with E-state index in [-0.39, 0.29) is 23.3 Å². The second-order valence-corrected chi connectivity index (χ2v) is 7.93. The number of rotatable bonds is 3. The van der Waals surface area contributed by atoms with E-state index >= 15 is 0 Å². The van der Waals surface area contributed by atoms with E-state index < -0.39 is 5.54 Å². The van der Waals surface area contributed by atoms with Crippen molar-refractivity contribution in [1.29, 1.82) is 0 Å². The zero-order valence-corrected chi connectivity index (χ0v) is 14.2. The highest BCUT2D eigenvalue weighted by molar-refractivity contribution is 6.00. The van der Waals surface area contributed by atoms with Crippen molar-refractivity contribution in [2.75, 3.05) is 6.54 Å². The third-order valence-electron chi connectivity index (χ3n) is 5.50. The SMILES string of the molecule is CCC1C(=O)NC2(CCCC2)C(=O)N1CC(C)C(C)(C)C. The largest absolute Gasteiger partial charge is 0.340 e. The number of hydrogen-bond donors (Lipinski definition) is 1. The maximum absolute atomic E-state index is 13.0. The number of carbonyl (C=O) groups is 2. The molecule has 1 aliphatic heterocycles. The summed E-state index contributed by atoms with van der Waals surface area (Å²) in [6.45, 7) is 11.4. The van der Waals surface area contributed by atoms with Crippen LogP contribution in [0.1, 0.15) is 66.7 Å². The maximum atomic E-state index is 13.0. The van der Waals surface area contributed by atoms with Gasteiger partial charge in [-0.3, -0.25) is 9.59 Å². The van der Waals surface area contributed by atoms with Gasteiger partial charge in [0.25, 0.3) is 0 Å². The number of carbonyl (C=O) groups excluding carboxylic acids is 2. The van der Waals surface area contributed by atoms with E-state index in [1.807, 2.05) is 11.8 Å². The summed E-state index contributed by atoms with van der Waals surface area (Å²) in [5.41, 5.74) is -0.463. The summed E-state index contributed by atoms with van der Waals surface area (Å²) in [6, 6.07) is -0.298. The molecule has 0 aromatic heterocycles. The van der Waals surface area contributed by atoms with Crippen molar-refractivity contribution in [3.8, 4) is 0 Å². The van der Waals surface area contributed by atoms with E-state index in [1.165, 1.54) is 0 Å². The highest BCUT2D eigenvalue weighted by Crippen LogP contribution is 2.36. The van der Waals surface area contributed by atoms with Crippen LogP contribution in [0.4, 0.5) is 0 Å². The number of amides is 2. The summed E-state index contributed by atoms with van der Waals surface area (Å²) in [5, 5.41) is 3.05. The molecule has 1 aliphatic carbocycles. The molecule has 21 heavy (non-hydrogen) atoms. The van der Waals surface area contributed by atoms with Crippen molar-refractivity contribution >= 4 is 11.8 Å². The monoisotopic (exact) mass is 294 g/mol.